The van der Waals surface area contributed by atoms with E-state index in [0.717, 1.165) is 18.7 Å². The van der Waals surface area contributed by atoms with Crippen LogP contribution in [0, 0.1) is 0 Å². The molecule has 0 radical (unpaired) electrons. The molecule has 1 saturated heterocycles. The molecule has 0 saturated carbocycles. The van der Waals surface area contributed by atoms with Crippen molar-refractivity contribution >= 4 is 17.0 Å². The van der Waals surface area contributed by atoms with Crippen molar-refractivity contribution in [1.29, 1.82) is 0 Å². The van der Waals surface area contributed by atoms with Crippen molar-refractivity contribution < 1.29 is 4.74 Å². The number of nitrogens with zero attached hydrogens (tertiary/aromatic N) is 5. The second-order valence-electron chi connectivity index (χ2n) is 4.94. The van der Waals surface area contributed by atoms with Gasteiger partial charge in [0.2, 0.25) is 5.95 Å². The van der Waals surface area contributed by atoms with Gasteiger partial charge in [-0.2, -0.15) is 10.2 Å². The van der Waals surface area contributed by atoms with Crippen LogP contribution in [0.2, 0.25) is 0 Å². The van der Waals surface area contributed by atoms with Crippen LogP contribution < -0.4 is 10.5 Å². The molecule has 1 aliphatic heterocycles. The highest BCUT2D eigenvalue weighted by Gasteiger charge is 2.15. The van der Waals surface area contributed by atoms with Gasteiger partial charge in [0.15, 0.2) is 0 Å². The summed E-state index contributed by atoms with van der Waals surface area (Å²) in [5.74, 6) is 0.674. The molecule has 0 spiro atoms. The van der Waals surface area contributed by atoms with Gasteiger partial charge in [-0.25, -0.2) is 15.1 Å². The first kappa shape index (κ1) is 12.9. The number of H-pyrrole nitrogens is 2. The average molecular weight is 299 g/mol. The SMILES string of the molecule is O=c1cc2[nH]nc(-c3cnc(N4CCOCC4)nc3)c2n[nH]1. The number of aromatic nitrogens is 6. The van der Waals surface area contributed by atoms with Crippen LogP contribution >= 0.6 is 0 Å². The van der Waals surface area contributed by atoms with E-state index < -0.39 is 0 Å². The third-order valence-corrected chi connectivity index (χ3v) is 3.53. The third kappa shape index (κ3) is 2.21. The quantitative estimate of drug-likeness (QED) is 0.681. The molecule has 1 fully saturated rings. The van der Waals surface area contributed by atoms with Crippen molar-refractivity contribution in [3.05, 3.63) is 28.8 Å². The standard InChI is InChI=1S/C13H13N7O2/c21-10-5-9-12(19-17-10)11(18-16-9)8-6-14-13(15-7-8)20-1-3-22-4-2-20/h5-7H,1-4H2,(H,16,18)(H,17,21). The predicted molar refractivity (Wildman–Crippen MR) is 78.6 cm³/mol. The smallest absolute Gasteiger partial charge is 0.266 e. The molecular weight excluding hydrogens is 286 g/mol. The number of hydrogen-bond donors (Lipinski definition) is 2. The zero-order chi connectivity index (χ0) is 14.9. The molecule has 0 aromatic carbocycles. The molecule has 112 valence electrons. The molecule has 1 aliphatic rings. The number of anilines is 1. The lowest BCUT2D eigenvalue weighted by Crippen LogP contribution is -2.37. The summed E-state index contributed by atoms with van der Waals surface area (Å²) in [6.45, 7) is 2.94. The molecule has 3 aromatic heterocycles. The van der Waals surface area contributed by atoms with E-state index in [1.807, 2.05) is 0 Å². The fourth-order valence-corrected chi connectivity index (χ4v) is 2.41. The molecule has 0 unspecified atom stereocenters. The summed E-state index contributed by atoms with van der Waals surface area (Å²) in [5, 5.41) is 13.4. The van der Waals surface area contributed by atoms with E-state index in [0.29, 0.717) is 35.9 Å². The lowest BCUT2D eigenvalue weighted by Gasteiger charge is -2.26. The first-order valence-corrected chi connectivity index (χ1v) is 6.90. The van der Waals surface area contributed by atoms with Crippen LogP contribution in [0.1, 0.15) is 0 Å². The van der Waals surface area contributed by atoms with Gasteiger partial charge < -0.3 is 9.64 Å². The monoisotopic (exact) mass is 299 g/mol. The lowest BCUT2D eigenvalue weighted by molar-refractivity contribution is 0.122. The molecule has 9 heteroatoms. The number of rotatable bonds is 2. The van der Waals surface area contributed by atoms with E-state index in [1.165, 1.54) is 6.07 Å². The van der Waals surface area contributed by atoms with Crippen LogP contribution in [0.5, 0.6) is 0 Å². The van der Waals surface area contributed by atoms with Gasteiger partial charge >= 0.3 is 0 Å². The van der Waals surface area contributed by atoms with Crippen molar-refractivity contribution in [3.8, 4) is 11.3 Å². The fourth-order valence-electron chi connectivity index (χ4n) is 2.41. The molecule has 2 N–H and O–H groups in total. The molecule has 22 heavy (non-hydrogen) atoms. The molecule has 9 nitrogen and oxygen atoms in total. The first-order chi connectivity index (χ1) is 10.8. The largest absolute Gasteiger partial charge is 0.378 e. The van der Waals surface area contributed by atoms with Gasteiger partial charge in [-0.05, 0) is 0 Å². The molecule has 0 atom stereocenters. The van der Waals surface area contributed by atoms with E-state index in [1.54, 1.807) is 12.4 Å². The summed E-state index contributed by atoms with van der Waals surface area (Å²) in [5.41, 5.74) is 2.24. The maximum absolute atomic E-state index is 11.2. The van der Waals surface area contributed by atoms with Crippen LogP contribution in [0.15, 0.2) is 23.3 Å². The van der Waals surface area contributed by atoms with Crippen molar-refractivity contribution in [2.24, 2.45) is 0 Å². The van der Waals surface area contributed by atoms with Gasteiger partial charge in [0.25, 0.3) is 5.56 Å². The zero-order valence-electron chi connectivity index (χ0n) is 11.6. The Labute approximate surface area is 124 Å². The number of nitrogens with one attached hydrogen (secondary N) is 2. The summed E-state index contributed by atoms with van der Waals surface area (Å²) in [6.07, 6.45) is 3.42. The summed E-state index contributed by atoms with van der Waals surface area (Å²) in [6, 6.07) is 1.42. The highest BCUT2D eigenvalue weighted by atomic mass is 16.5. The summed E-state index contributed by atoms with van der Waals surface area (Å²) in [7, 11) is 0. The van der Waals surface area contributed by atoms with E-state index in [-0.39, 0.29) is 5.56 Å². The van der Waals surface area contributed by atoms with E-state index in [2.05, 4.69) is 35.3 Å². The number of fused-ring (bicyclic) bond motifs is 1. The van der Waals surface area contributed by atoms with Gasteiger partial charge in [0.05, 0.1) is 18.7 Å². The Balaban J connectivity index is 1.68. The topological polar surface area (TPSA) is 113 Å². The minimum absolute atomic E-state index is 0.276. The third-order valence-electron chi connectivity index (χ3n) is 3.53. The Morgan fingerprint density at radius 2 is 1.86 bits per heavy atom. The van der Waals surface area contributed by atoms with Crippen LogP contribution in [0.25, 0.3) is 22.3 Å². The van der Waals surface area contributed by atoms with Crippen LogP contribution in [0.4, 0.5) is 5.95 Å². The first-order valence-electron chi connectivity index (χ1n) is 6.90. The Kier molecular flexibility index (Phi) is 3.04. The highest BCUT2D eigenvalue weighted by Crippen LogP contribution is 2.23. The highest BCUT2D eigenvalue weighted by molar-refractivity contribution is 5.88. The van der Waals surface area contributed by atoms with Crippen molar-refractivity contribution in [2.45, 2.75) is 0 Å². The molecule has 4 heterocycles. The van der Waals surface area contributed by atoms with Crippen molar-refractivity contribution in [3.63, 3.8) is 0 Å². The van der Waals surface area contributed by atoms with Gasteiger partial charge in [0, 0.05) is 37.1 Å². The Bertz CT molecular complexity index is 849. The maximum atomic E-state index is 11.2. The van der Waals surface area contributed by atoms with E-state index >= 15 is 0 Å². The zero-order valence-corrected chi connectivity index (χ0v) is 11.6. The van der Waals surface area contributed by atoms with Gasteiger partial charge in [0.1, 0.15) is 11.2 Å². The van der Waals surface area contributed by atoms with Crippen LogP contribution in [0.3, 0.4) is 0 Å². The van der Waals surface area contributed by atoms with Crippen molar-refractivity contribution in [2.75, 3.05) is 31.2 Å². The second-order valence-corrected chi connectivity index (χ2v) is 4.94. The summed E-state index contributed by atoms with van der Waals surface area (Å²) in [4.78, 5) is 22.1. The molecule has 3 aromatic rings. The number of ether oxygens (including phenoxy) is 1. The molecule has 0 amide bonds. The van der Waals surface area contributed by atoms with Crippen LogP contribution in [-0.4, -0.2) is 56.7 Å². The van der Waals surface area contributed by atoms with Crippen LogP contribution in [-0.2, 0) is 4.74 Å². The minimum atomic E-state index is -0.276. The Morgan fingerprint density at radius 1 is 1.09 bits per heavy atom. The fraction of sp³-hybridized carbons (Fsp3) is 0.308. The molecule has 4 rings (SSSR count). The Hall–Kier alpha value is -2.81. The molecule has 0 bridgehead atoms. The number of hydrogen-bond acceptors (Lipinski definition) is 7. The Morgan fingerprint density at radius 3 is 2.64 bits per heavy atom. The summed E-state index contributed by atoms with van der Waals surface area (Å²) >= 11 is 0. The van der Waals surface area contributed by atoms with Gasteiger partial charge in [-0.1, -0.05) is 0 Å². The maximum Gasteiger partial charge on any atom is 0.266 e. The number of morpholine rings is 1. The summed E-state index contributed by atoms with van der Waals surface area (Å²) < 4.78 is 5.31. The van der Waals surface area contributed by atoms with Gasteiger partial charge in [-0.15, -0.1) is 0 Å². The van der Waals surface area contributed by atoms with E-state index in [9.17, 15) is 4.79 Å². The van der Waals surface area contributed by atoms with E-state index in [4.69, 9.17) is 4.74 Å². The second kappa shape index (κ2) is 5.19. The normalized spacial score (nSPS) is 15.4. The minimum Gasteiger partial charge on any atom is -0.378 e. The average Bonchev–Trinajstić information content (AvgIpc) is 2.99. The molecule has 0 aliphatic carbocycles. The lowest BCUT2D eigenvalue weighted by atomic mass is 10.2. The molecular formula is C13H13N7O2. The van der Waals surface area contributed by atoms with Gasteiger partial charge in [-0.3, -0.25) is 9.89 Å². The predicted octanol–water partition coefficient (Wildman–Crippen LogP) is -0.0602. The number of aromatic amines is 2. The van der Waals surface area contributed by atoms with Crippen molar-refractivity contribution in [1.82, 2.24) is 30.4 Å².